The Hall–Kier alpha value is -4.93. The first-order valence-electron chi connectivity index (χ1n) is 13.8. The second kappa shape index (κ2) is 14.3. The fourth-order valence-electron chi connectivity index (χ4n) is 5.18. The highest BCUT2D eigenvalue weighted by molar-refractivity contribution is 5.84. The molecule has 2 amide bonds. The smallest absolute Gasteiger partial charge is 0.239 e. The molecule has 3 aromatic rings. The van der Waals surface area contributed by atoms with Crippen molar-refractivity contribution >= 4 is 17.5 Å². The molecule has 0 heterocycles. The third-order valence-electron chi connectivity index (χ3n) is 7.11. The number of aryl methyl sites for hydroxylation is 1. The number of methoxy groups -OCH3 is 4. The van der Waals surface area contributed by atoms with E-state index in [9.17, 15) is 14.4 Å². The first kappa shape index (κ1) is 31.0. The van der Waals surface area contributed by atoms with Gasteiger partial charge in [0.15, 0.2) is 23.0 Å². The molecular weight excluding hydrogens is 554 g/mol. The zero-order valence-electron chi connectivity index (χ0n) is 25.0. The quantitative estimate of drug-likeness (QED) is 0.271. The van der Waals surface area contributed by atoms with Gasteiger partial charge in [-0.1, -0.05) is 18.2 Å². The highest BCUT2D eigenvalue weighted by Crippen LogP contribution is 2.50. The van der Waals surface area contributed by atoms with Crippen LogP contribution in [0.1, 0.15) is 30.5 Å². The highest BCUT2D eigenvalue weighted by atomic mass is 16.5. The summed E-state index contributed by atoms with van der Waals surface area (Å²) in [4.78, 5) is 38.1. The zero-order chi connectivity index (χ0) is 30.9. The minimum atomic E-state index is -0.430. The van der Waals surface area contributed by atoms with Gasteiger partial charge in [0.05, 0.1) is 53.3 Å². The third-order valence-corrected chi connectivity index (χ3v) is 7.11. The minimum Gasteiger partial charge on any atom is -0.493 e. The van der Waals surface area contributed by atoms with E-state index in [2.05, 4.69) is 16.0 Å². The van der Waals surface area contributed by atoms with Crippen molar-refractivity contribution in [2.45, 2.75) is 25.8 Å². The predicted octanol–water partition coefficient (Wildman–Crippen LogP) is 3.48. The third kappa shape index (κ3) is 7.11. The van der Waals surface area contributed by atoms with Crippen LogP contribution >= 0.6 is 0 Å². The van der Waals surface area contributed by atoms with Crippen LogP contribution in [0.2, 0.25) is 0 Å². The van der Waals surface area contributed by atoms with Gasteiger partial charge in [0.25, 0.3) is 0 Å². The number of anilines is 1. The molecule has 43 heavy (non-hydrogen) atoms. The average Bonchev–Trinajstić information content (AvgIpc) is 3.25. The van der Waals surface area contributed by atoms with Crippen LogP contribution in [0, 0.1) is 0 Å². The molecule has 0 saturated heterocycles. The van der Waals surface area contributed by atoms with Gasteiger partial charge in [0.1, 0.15) is 6.61 Å². The number of carbonyl (C=O) groups is 2. The fourth-order valence-corrected chi connectivity index (χ4v) is 5.18. The highest BCUT2D eigenvalue weighted by Gasteiger charge is 2.29. The lowest BCUT2D eigenvalue weighted by Gasteiger charge is -2.19. The van der Waals surface area contributed by atoms with E-state index < -0.39 is 6.04 Å². The molecule has 0 spiro atoms. The maximum absolute atomic E-state index is 13.4. The topological polar surface area (TPSA) is 133 Å². The van der Waals surface area contributed by atoms with Crippen molar-refractivity contribution in [3.63, 3.8) is 0 Å². The Labute approximate surface area is 250 Å². The van der Waals surface area contributed by atoms with Crippen molar-refractivity contribution < 1.29 is 33.3 Å². The summed E-state index contributed by atoms with van der Waals surface area (Å²) in [6.07, 6.45) is 1.14. The molecular formula is C32H37N3O8. The van der Waals surface area contributed by atoms with Crippen LogP contribution < -0.4 is 45.1 Å². The summed E-state index contributed by atoms with van der Waals surface area (Å²) in [7, 11) is 6.19. The van der Waals surface area contributed by atoms with Gasteiger partial charge in [-0.2, -0.15) is 0 Å². The molecule has 3 N–H and O–H groups in total. The van der Waals surface area contributed by atoms with Crippen molar-refractivity contribution in [2.24, 2.45) is 0 Å². The average molecular weight is 592 g/mol. The first-order valence-corrected chi connectivity index (χ1v) is 13.8. The second-order valence-corrected chi connectivity index (χ2v) is 9.80. The lowest BCUT2D eigenvalue weighted by Crippen LogP contribution is -2.33. The summed E-state index contributed by atoms with van der Waals surface area (Å²) in [5, 5.41) is 8.70. The lowest BCUT2D eigenvalue weighted by molar-refractivity contribution is -0.120. The molecule has 0 radical (unpaired) electrons. The Morgan fingerprint density at radius 1 is 0.884 bits per heavy atom. The first-order chi connectivity index (χ1) is 20.8. The van der Waals surface area contributed by atoms with E-state index in [1.54, 1.807) is 45.6 Å². The molecule has 0 aliphatic heterocycles. The number of amides is 2. The summed E-state index contributed by atoms with van der Waals surface area (Å²) in [5.41, 5.74) is 2.91. The number of ether oxygens (including phenoxy) is 5. The molecule has 1 aliphatic rings. The monoisotopic (exact) mass is 591 g/mol. The molecule has 0 fully saturated rings. The summed E-state index contributed by atoms with van der Waals surface area (Å²) < 4.78 is 27.9. The van der Waals surface area contributed by atoms with Crippen LogP contribution in [0.4, 0.5) is 5.69 Å². The van der Waals surface area contributed by atoms with Crippen LogP contribution in [0.5, 0.6) is 28.7 Å². The number of hydrogen-bond donors (Lipinski definition) is 3. The number of para-hydroxylation sites is 2. The van der Waals surface area contributed by atoms with E-state index >= 15 is 0 Å². The largest absolute Gasteiger partial charge is 0.493 e. The Balaban J connectivity index is 1.58. The van der Waals surface area contributed by atoms with Gasteiger partial charge in [-0.3, -0.25) is 14.4 Å². The SMILES string of the molecule is COc1ccccc1OCCNC(=O)CNc1ccc2c(cc1=O)[C@@H](NC(C)=O)CCc1cc(OC)c(OC)c(OC)c1-2. The number of benzene rings is 2. The van der Waals surface area contributed by atoms with Gasteiger partial charge < -0.3 is 39.6 Å². The van der Waals surface area contributed by atoms with Crippen LogP contribution in [0.15, 0.2) is 53.3 Å². The summed E-state index contributed by atoms with van der Waals surface area (Å²) in [6, 6.07) is 13.6. The molecule has 11 nitrogen and oxygen atoms in total. The van der Waals surface area contributed by atoms with Crippen molar-refractivity contribution in [1.82, 2.24) is 10.6 Å². The molecule has 11 heteroatoms. The molecule has 3 aromatic carbocycles. The Bertz CT molecular complexity index is 1540. The van der Waals surface area contributed by atoms with Gasteiger partial charge in [-0.15, -0.1) is 0 Å². The second-order valence-electron chi connectivity index (χ2n) is 9.80. The molecule has 1 atom stereocenters. The standard InChI is InChI=1S/C32H37N3O8/c1-19(36)35-23-12-10-20-16-28(40-3)31(41-4)32(42-5)30(20)21-11-13-24(25(37)17-22(21)23)34-18-29(38)33-14-15-43-27-9-7-6-8-26(27)39-2/h6-9,11,13,16-17,23H,10,12,14-15,18H2,1-5H3,(H,33,38)(H,34,37)(H,35,36)/t23-/m0/s1. The van der Waals surface area contributed by atoms with Crippen LogP contribution in [-0.4, -0.2) is 59.9 Å². The van der Waals surface area contributed by atoms with E-state index in [0.717, 1.165) is 11.1 Å². The van der Waals surface area contributed by atoms with Gasteiger partial charge in [0, 0.05) is 12.5 Å². The van der Waals surface area contributed by atoms with E-state index in [1.165, 1.54) is 20.1 Å². The Morgan fingerprint density at radius 2 is 1.60 bits per heavy atom. The molecule has 0 bridgehead atoms. The minimum absolute atomic E-state index is 0.126. The number of hydrogen-bond acceptors (Lipinski definition) is 9. The number of nitrogens with one attached hydrogen (secondary N) is 3. The van der Waals surface area contributed by atoms with E-state index in [1.807, 2.05) is 18.2 Å². The zero-order valence-corrected chi connectivity index (χ0v) is 25.0. The van der Waals surface area contributed by atoms with Gasteiger partial charge in [-0.25, -0.2) is 0 Å². The number of rotatable bonds is 12. The van der Waals surface area contributed by atoms with E-state index in [4.69, 9.17) is 23.7 Å². The van der Waals surface area contributed by atoms with Crippen LogP contribution in [0.3, 0.4) is 0 Å². The summed E-state index contributed by atoms with van der Waals surface area (Å²) in [5.74, 6) is 2.06. The van der Waals surface area contributed by atoms with Crippen molar-refractivity contribution in [2.75, 3.05) is 53.5 Å². The van der Waals surface area contributed by atoms with Crippen molar-refractivity contribution in [3.05, 3.63) is 69.9 Å². The van der Waals surface area contributed by atoms with Crippen LogP contribution in [0.25, 0.3) is 11.1 Å². The van der Waals surface area contributed by atoms with Crippen molar-refractivity contribution in [3.8, 4) is 39.9 Å². The maximum Gasteiger partial charge on any atom is 0.239 e. The molecule has 0 unspecified atom stereocenters. The molecule has 228 valence electrons. The lowest BCUT2D eigenvalue weighted by atomic mass is 9.95. The van der Waals surface area contributed by atoms with E-state index in [-0.39, 0.29) is 42.6 Å². The number of fused-ring (bicyclic) bond motifs is 3. The van der Waals surface area contributed by atoms with Gasteiger partial charge in [0.2, 0.25) is 23.0 Å². The van der Waals surface area contributed by atoms with Crippen molar-refractivity contribution in [1.29, 1.82) is 0 Å². The van der Waals surface area contributed by atoms with Gasteiger partial charge >= 0.3 is 0 Å². The number of carbonyl (C=O) groups excluding carboxylic acids is 2. The summed E-state index contributed by atoms with van der Waals surface area (Å²) >= 11 is 0. The Kier molecular flexibility index (Phi) is 10.3. The normalized spacial score (nSPS) is 13.4. The summed E-state index contributed by atoms with van der Waals surface area (Å²) in [6.45, 7) is 1.82. The Morgan fingerprint density at radius 3 is 2.28 bits per heavy atom. The maximum atomic E-state index is 13.4. The molecule has 0 aromatic heterocycles. The predicted molar refractivity (Wildman–Crippen MR) is 163 cm³/mol. The fraction of sp³-hybridized carbons (Fsp3) is 0.344. The molecule has 4 rings (SSSR count). The van der Waals surface area contributed by atoms with Gasteiger partial charge in [-0.05, 0) is 59.9 Å². The van der Waals surface area contributed by atoms with E-state index in [0.29, 0.717) is 52.7 Å². The molecule has 0 saturated carbocycles. The van der Waals surface area contributed by atoms with Crippen LogP contribution in [-0.2, 0) is 16.0 Å². The molecule has 1 aliphatic carbocycles.